The van der Waals surface area contributed by atoms with Gasteiger partial charge < -0.3 is 11.1 Å². The molecule has 0 unspecified atom stereocenters. The van der Waals surface area contributed by atoms with Crippen LogP contribution in [0.15, 0.2) is 12.2 Å². The minimum Gasteiger partial charge on any atom is -0.376 e. The molecule has 0 amide bonds. The highest BCUT2D eigenvalue weighted by atomic mass is 32.1. The van der Waals surface area contributed by atoms with Gasteiger partial charge in [0.25, 0.3) is 0 Å². The minimum absolute atomic E-state index is 0.473. The lowest BCUT2D eigenvalue weighted by molar-refractivity contribution is 0.246. The monoisotopic (exact) mass is 208 g/mol. The second kappa shape index (κ2) is 2.96. The van der Waals surface area contributed by atoms with E-state index in [9.17, 15) is 0 Å². The molecule has 3 aliphatic rings. The van der Waals surface area contributed by atoms with Gasteiger partial charge in [0, 0.05) is 6.04 Å². The van der Waals surface area contributed by atoms with Crippen LogP contribution in [0.4, 0.5) is 0 Å². The molecule has 3 heteroatoms. The Morgan fingerprint density at radius 3 is 3.00 bits per heavy atom. The van der Waals surface area contributed by atoms with Crippen molar-refractivity contribution in [2.24, 2.45) is 29.4 Å². The van der Waals surface area contributed by atoms with E-state index >= 15 is 0 Å². The molecule has 2 nitrogen and oxygen atoms in total. The molecule has 3 rings (SSSR count). The molecule has 5 atom stereocenters. The van der Waals surface area contributed by atoms with Crippen molar-refractivity contribution in [3.63, 3.8) is 0 Å². The summed E-state index contributed by atoms with van der Waals surface area (Å²) >= 11 is 4.92. The van der Waals surface area contributed by atoms with Crippen molar-refractivity contribution in [3.8, 4) is 0 Å². The largest absolute Gasteiger partial charge is 0.376 e. The van der Waals surface area contributed by atoms with Crippen LogP contribution in [0.2, 0.25) is 0 Å². The van der Waals surface area contributed by atoms with Gasteiger partial charge in [0.05, 0.1) is 0 Å². The van der Waals surface area contributed by atoms with Gasteiger partial charge in [0.2, 0.25) is 0 Å². The summed E-state index contributed by atoms with van der Waals surface area (Å²) in [6.07, 6.45) is 8.76. The van der Waals surface area contributed by atoms with E-state index in [1.54, 1.807) is 0 Å². The fourth-order valence-electron chi connectivity index (χ4n) is 3.89. The standard InChI is InChI=1S/C11H16N2S/c12-11(14)13-10-5-6-4-9(10)8-3-1-2-7(6)8/h1,3,6-10H,2,4-5H2,(H3,12,13,14)/t6-,7+,8-,9+,10-/m1/s1. The summed E-state index contributed by atoms with van der Waals surface area (Å²) in [6.45, 7) is 0. The van der Waals surface area contributed by atoms with Gasteiger partial charge in [-0.2, -0.15) is 0 Å². The second-order valence-corrected chi connectivity index (χ2v) is 5.36. The number of hydrogen-bond donors (Lipinski definition) is 2. The Labute approximate surface area is 89.9 Å². The highest BCUT2D eigenvalue weighted by Crippen LogP contribution is 2.56. The Morgan fingerprint density at radius 1 is 1.36 bits per heavy atom. The zero-order valence-corrected chi connectivity index (χ0v) is 8.96. The fourth-order valence-corrected chi connectivity index (χ4v) is 4.05. The molecule has 2 saturated carbocycles. The van der Waals surface area contributed by atoms with Crippen LogP contribution >= 0.6 is 12.2 Å². The highest BCUT2D eigenvalue weighted by Gasteiger charge is 2.52. The van der Waals surface area contributed by atoms with E-state index in [1.165, 1.54) is 19.3 Å². The predicted octanol–water partition coefficient (Wildman–Crippen LogP) is 1.42. The zero-order valence-electron chi connectivity index (χ0n) is 8.15. The van der Waals surface area contributed by atoms with Crippen molar-refractivity contribution in [2.75, 3.05) is 0 Å². The van der Waals surface area contributed by atoms with Crippen molar-refractivity contribution in [3.05, 3.63) is 12.2 Å². The lowest BCUT2D eigenvalue weighted by atomic mass is 9.79. The molecular weight excluding hydrogens is 192 g/mol. The van der Waals surface area contributed by atoms with Crippen LogP contribution in [0.1, 0.15) is 19.3 Å². The summed E-state index contributed by atoms with van der Waals surface area (Å²) in [5.41, 5.74) is 5.54. The molecule has 0 heterocycles. The summed E-state index contributed by atoms with van der Waals surface area (Å²) < 4.78 is 0. The summed E-state index contributed by atoms with van der Waals surface area (Å²) in [5.74, 6) is 3.49. The van der Waals surface area contributed by atoms with E-state index in [2.05, 4.69) is 17.5 Å². The fraction of sp³-hybridized carbons (Fsp3) is 0.727. The van der Waals surface area contributed by atoms with Gasteiger partial charge in [-0.05, 0) is 55.2 Å². The molecule has 2 bridgehead atoms. The van der Waals surface area contributed by atoms with Crippen molar-refractivity contribution in [1.82, 2.24) is 5.32 Å². The number of allylic oxidation sites excluding steroid dienone is 2. The third-order valence-electron chi connectivity index (χ3n) is 4.34. The van der Waals surface area contributed by atoms with Crippen LogP contribution in [0, 0.1) is 23.7 Å². The Morgan fingerprint density at radius 2 is 2.21 bits per heavy atom. The van der Waals surface area contributed by atoms with Gasteiger partial charge in [0.1, 0.15) is 0 Å². The molecule has 76 valence electrons. The maximum absolute atomic E-state index is 5.54. The second-order valence-electron chi connectivity index (χ2n) is 4.92. The number of hydrogen-bond acceptors (Lipinski definition) is 1. The van der Waals surface area contributed by atoms with E-state index in [1.807, 2.05) is 0 Å². The quantitative estimate of drug-likeness (QED) is 0.505. The SMILES string of the molecule is NC(=S)N[C@@H]1C[C@H]2C[C@H]1[C@@H]1C=CC[C@@H]21. The van der Waals surface area contributed by atoms with Gasteiger partial charge >= 0.3 is 0 Å². The van der Waals surface area contributed by atoms with E-state index in [4.69, 9.17) is 18.0 Å². The maximum atomic E-state index is 5.54. The Balaban J connectivity index is 1.76. The number of nitrogens with two attached hydrogens (primary N) is 1. The average Bonchev–Trinajstić information content (AvgIpc) is 2.68. The lowest BCUT2D eigenvalue weighted by Gasteiger charge is -2.31. The molecule has 0 aliphatic heterocycles. The van der Waals surface area contributed by atoms with E-state index in [0.29, 0.717) is 11.2 Å². The van der Waals surface area contributed by atoms with E-state index in [0.717, 1.165) is 23.7 Å². The summed E-state index contributed by atoms with van der Waals surface area (Å²) in [6, 6.07) is 0.557. The molecule has 0 saturated heterocycles. The first-order valence-electron chi connectivity index (χ1n) is 5.48. The maximum Gasteiger partial charge on any atom is 0.163 e. The van der Waals surface area contributed by atoms with E-state index in [-0.39, 0.29) is 0 Å². The van der Waals surface area contributed by atoms with Crippen molar-refractivity contribution in [1.29, 1.82) is 0 Å². The molecule has 0 aromatic heterocycles. The van der Waals surface area contributed by atoms with Crippen LogP contribution in [0.25, 0.3) is 0 Å². The molecule has 14 heavy (non-hydrogen) atoms. The predicted molar refractivity (Wildman–Crippen MR) is 60.7 cm³/mol. The molecule has 0 aromatic rings. The first kappa shape index (κ1) is 8.72. The van der Waals surface area contributed by atoms with Crippen LogP contribution in [-0.2, 0) is 0 Å². The first-order valence-corrected chi connectivity index (χ1v) is 5.89. The number of fused-ring (bicyclic) bond motifs is 5. The normalized spacial score (nSPS) is 48.1. The van der Waals surface area contributed by atoms with Crippen LogP contribution in [-0.4, -0.2) is 11.2 Å². The Hall–Kier alpha value is -0.570. The van der Waals surface area contributed by atoms with E-state index < -0.39 is 0 Å². The average molecular weight is 208 g/mol. The Kier molecular flexibility index (Phi) is 1.84. The van der Waals surface area contributed by atoms with Gasteiger partial charge in [-0.1, -0.05) is 12.2 Å². The molecular formula is C11H16N2S. The number of thiocarbonyl (C=S) groups is 1. The van der Waals surface area contributed by atoms with Gasteiger partial charge in [0.15, 0.2) is 5.11 Å². The third kappa shape index (κ3) is 1.11. The smallest absolute Gasteiger partial charge is 0.163 e. The third-order valence-corrected chi connectivity index (χ3v) is 4.45. The summed E-state index contributed by atoms with van der Waals surface area (Å²) in [7, 11) is 0. The first-order chi connectivity index (χ1) is 6.75. The molecule has 3 N–H and O–H groups in total. The molecule has 3 aliphatic carbocycles. The Bertz CT molecular complexity index is 300. The van der Waals surface area contributed by atoms with Crippen molar-refractivity contribution in [2.45, 2.75) is 25.3 Å². The lowest BCUT2D eigenvalue weighted by Crippen LogP contribution is -2.44. The highest BCUT2D eigenvalue weighted by molar-refractivity contribution is 7.80. The molecule has 2 fully saturated rings. The van der Waals surface area contributed by atoms with Crippen LogP contribution in [0.3, 0.4) is 0 Å². The van der Waals surface area contributed by atoms with Crippen LogP contribution in [0.5, 0.6) is 0 Å². The zero-order chi connectivity index (χ0) is 9.71. The topological polar surface area (TPSA) is 38.0 Å². The minimum atomic E-state index is 0.473. The van der Waals surface area contributed by atoms with Crippen LogP contribution < -0.4 is 11.1 Å². The molecule has 0 aromatic carbocycles. The van der Waals surface area contributed by atoms with Crippen molar-refractivity contribution < 1.29 is 0 Å². The van der Waals surface area contributed by atoms with Gasteiger partial charge in [-0.25, -0.2) is 0 Å². The molecule has 0 radical (unpaired) electrons. The van der Waals surface area contributed by atoms with Gasteiger partial charge in [-0.15, -0.1) is 0 Å². The van der Waals surface area contributed by atoms with Gasteiger partial charge in [-0.3, -0.25) is 0 Å². The molecule has 0 spiro atoms. The number of rotatable bonds is 1. The summed E-state index contributed by atoms with van der Waals surface area (Å²) in [4.78, 5) is 0. The number of nitrogens with one attached hydrogen (secondary N) is 1. The van der Waals surface area contributed by atoms with Crippen molar-refractivity contribution >= 4 is 17.3 Å². The summed E-state index contributed by atoms with van der Waals surface area (Å²) in [5, 5.41) is 3.73.